The van der Waals surface area contributed by atoms with Crippen molar-refractivity contribution in [1.82, 2.24) is 14.8 Å². The van der Waals surface area contributed by atoms with Crippen LogP contribution in [0.4, 0.5) is 0 Å². The minimum Gasteiger partial charge on any atom is -0.294 e. The van der Waals surface area contributed by atoms with Crippen LogP contribution >= 0.6 is 0 Å². The van der Waals surface area contributed by atoms with Gasteiger partial charge in [-0.3, -0.25) is 9.48 Å². The van der Waals surface area contributed by atoms with E-state index in [0.29, 0.717) is 13.0 Å². The molecule has 0 fully saturated rings. The molecular weight excluding hydrogens is 202 g/mol. The Hall–Kier alpha value is -1.97. The Morgan fingerprint density at radius 2 is 2.06 bits per heavy atom. The molecule has 0 atom stereocenters. The summed E-state index contributed by atoms with van der Waals surface area (Å²) in [6, 6.07) is 7.61. The van der Waals surface area contributed by atoms with Crippen molar-refractivity contribution in [2.45, 2.75) is 19.9 Å². The highest BCUT2D eigenvalue weighted by atomic mass is 16.1. The summed E-state index contributed by atoms with van der Waals surface area (Å²) in [6.45, 7) is 2.58. The molecule has 0 amide bonds. The number of carbonyl (C=O) groups excluding carboxylic acids is 1. The first-order chi connectivity index (χ1) is 7.75. The van der Waals surface area contributed by atoms with Crippen molar-refractivity contribution in [1.29, 1.82) is 0 Å². The summed E-state index contributed by atoms with van der Waals surface area (Å²) in [5.74, 6) is 0.135. The number of nitrogens with zero attached hydrogens (tertiary/aromatic N) is 3. The summed E-state index contributed by atoms with van der Waals surface area (Å²) >= 11 is 0. The second-order valence-corrected chi connectivity index (χ2v) is 3.70. The van der Waals surface area contributed by atoms with Crippen LogP contribution in [0.25, 0.3) is 0 Å². The van der Waals surface area contributed by atoms with Crippen LogP contribution in [-0.4, -0.2) is 20.5 Å². The van der Waals surface area contributed by atoms with Gasteiger partial charge in [0.2, 0.25) is 0 Å². The van der Waals surface area contributed by atoms with E-state index in [1.807, 2.05) is 31.2 Å². The predicted octanol–water partition coefficient (Wildman–Crippen LogP) is 1.86. The van der Waals surface area contributed by atoms with Crippen molar-refractivity contribution in [3.63, 3.8) is 0 Å². The van der Waals surface area contributed by atoms with Gasteiger partial charge in [0, 0.05) is 18.5 Å². The molecule has 0 N–H and O–H groups in total. The fourth-order valence-electron chi connectivity index (χ4n) is 1.45. The number of aryl methyl sites for hydroxylation is 2. The molecule has 16 heavy (non-hydrogen) atoms. The summed E-state index contributed by atoms with van der Waals surface area (Å²) in [4.78, 5) is 15.6. The smallest absolute Gasteiger partial charge is 0.164 e. The van der Waals surface area contributed by atoms with Crippen LogP contribution in [0.3, 0.4) is 0 Å². The van der Waals surface area contributed by atoms with Crippen LogP contribution in [0.2, 0.25) is 0 Å². The van der Waals surface area contributed by atoms with Gasteiger partial charge in [0.15, 0.2) is 5.78 Å². The third-order valence-electron chi connectivity index (χ3n) is 2.41. The maximum atomic E-state index is 11.8. The third-order valence-corrected chi connectivity index (χ3v) is 2.41. The number of benzene rings is 1. The van der Waals surface area contributed by atoms with Crippen molar-refractivity contribution in [2.75, 3.05) is 0 Å². The van der Waals surface area contributed by atoms with Crippen LogP contribution in [0, 0.1) is 6.92 Å². The first-order valence-corrected chi connectivity index (χ1v) is 5.18. The van der Waals surface area contributed by atoms with Crippen molar-refractivity contribution >= 4 is 5.78 Å². The highest BCUT2D eigenvalue weighted by Gasteiger charge is 2.05. The van der Waals surface area contributed by atoms with Crippen LogP contribution in [-0.2, 0) is 6.54 Å². The standard InChI is InChI=1S/C12H13N3O/c1-10-2-4-11(5-3-10)12(16)6-7-15-9-13-8-14-15/h2-5,8-9H,6-7H2,1H3. The Morgan fingerprint density at radius 3 is 2.69 bits per heavy atom. The van der Waals surface area contributed by atoms with E-state index < -0.39 is 0 Å². The molecule has 0 bridgehead atoms. The number of Topliss-reactive ketones (excluding diaryl/α,β-unsaturated/α-hetero) is 1. The summed E-state index contributed by atoms with van der Waals surface area (Å²) in [5.41, 5.74) is 1.92. The largest absolute Gasteiger partial charge is 0.294 e. The summed E-state index contributed by atoms with van der Waals surface area (Å²) in [6.07, 6.45) is 3.53. The van der Waals surface area contributed by atoms with Crippen LogP contribution in [0.5, 0.6) is 0 Å². The van der Waals surface area contributed by atoms with Gasteiger partial charge in [0.05, 0.1) is 0 Å². The molecule has 0 unspecified atom stereocenters. The van der Waals surface area contributed by atoms with E-state index in [9.17, 15) is 4.79 Å². The maximum absolute atomic E-state index is 11.8. The zero-order chi connectivity index (χ0) is 11.4. The topological polar surface area (TPSA) is 47.8 Å². The quantitative estimate of drug-likeness (QED) is 0.731. The molecule has 0 aliphatic rings. The van der Waals surface area contributed by atoms with Gasteiger partial charge in [0.1, 0.15) is 12.7 Å². The molecule has 4 nitrogen and oxygen atoms in total. The molecule has 0 saturated heterocycles. The number of aromatic nitrogens is 3. The average molecular weight is 215 g/mol. The highest BCUT2D eigenvalue weighted by Crippen LogP contribution is 2.06. The molecule has 0 saturated carbocycles. The Morgan fingerprint density at radius 1 is 1.31 bits per heavy atom. The molecule has 2 rings (SSSR count). The van der Waals surface area contributed by atoms with E-state index >= 15 is 0 Å². The Labute approximate surface area is 93.9 Å². The van der Waals surface area contributed by atoms with Crippen molar-refractivity contribution in [2.24, 2.45) is 0 Å². The Bertz CT molecular complexity index is 460. The molecular formula is C12H13N3O. The van der Waals surface area contributed by atoms with E-state index in [1.165, 1.54) is 6.33 Å². The van der Waals surface area contributed by atoms with Gasteiger partial charge >= 0.3 is 0 Å². The Balaban J connectivity index is 1.95. The van der Waals surface area contributed by atoms with Gasteiger partial charge in [-0.15, -0.1) is 0 Å². The van der Waals surface area contributed by atoms with Gasteiger partial charge < -0.3 is 0 Å². The third kappa shape index (κ3) is 2.53. The normalized spacial score (nSPS) is 10.3. The molecule has 0 radical (unpaired) electrons. The SMILES string of the molecule is Cc1ccc(C(=O)CCn2cncn2)cc1. The lowest BCUT2D eigenvalue weighted by Crippen LogP contribution is -2.06. The molecule has 4 heteroatoms. The van der Waals surface area contributed by atoms with E-state index in [2.05, 4.69) is 10.1 Å². The van der Waals surface area contributed by atoms with E-state index in [4.69, 9.17) is 0 Å². The monoisotopic (exact) mass is 215 g/mol. The first-order valence-electron chi connectivity index (χ1n) is 5.18. The summed E-state index contributed by atoms with van der Waals surface area (Å²) in [7, 11) is 0. The van der Waals surface area contributed by atoms with E-state index in [0.717, 1.165) is 11.1 Å². The fourth-order valence-corrected chi connectivity index (χ4v) is 1.45. The molecule has 0 aliphatic carbocycles. The number of ketones is 1. The zero-order valence-corrected chi connectivity index (χ0v) is 9.13. The van der Waals surface area contributed by atoms with Gasteiger partial charge in [0.25, 0.3) is 0 Å². The molecule has 82 valence electrons. The second kappa shape index (κ2) is 4.70. The molecule has 0 spiro atoms. The van der Waals surface area contributed by atoms with Crippen LogP contribution in [0.15, 0.2) is 36.9 Å². The molecule has 1 heterocycles. The molecule has 0 aliphatic heterocycles. The van der Waals surface area contributed by atoms with Crippen molar-refractivity contribution < 1.29 is 4.79 Å². The van der Waals surface area contributed by atoms with Gasteiger partial charge in [-0.25, -0.2) is 4.98 Å². The molecule has 2 aromatic rings. The second-order valence-electron chi connectivity index (χ2n) is 3.70. The minimum absolute atomic E-state index is 0.135. The lowest BCUT2D eigenvalue weighted by molar-refractivity contribution is 0.0975. The predicted molar refractivity (Wildman–Crippen MR) is 60.1 cm³/mol. The first kappa shape index (κ1) is 10.5. The van der Waals surface area contributed by atoms with Gasteiger partial charge in [-0.05, 0) is 6.92 Å². The lowest BCUT2D eigenvalue weighted by atomic mass is 10.1. The van der Waals surface area contributed by atoms with Crippen molar-refractivity contribution in [3.05, 3.63) is 48.0 Å². The number of hydrogen-bond acceptors (Lipinski definition) is 3. The van der Waals surface area contributed by atoms with E-state index in [-0.39, 0.29) is 5.78 Å². The lowest BCUT2D eigenvalue weighted by Gasteiger charge is -2.01. The molecule has 1 aromatic carbocycles. The highest BCUT2D eigenvalue weighted by molar-refractivity contribution is 5.95. The maximum Gasteiger partial charge on any atom is 0.164 e. The average Bonchev–Trinajstić information content (AvgIpc) is 2.80. The van der Waals surface area contributed by atoms with Crippen molar-refractivity contribution in [3.8, 4) is 0 Å². The van der Waals surface area contributed by atoms with Crippen LogP contribution in [0.1, 0.15) is 22.3 Å². The number of rotatable bonds is 4. The minimum atomic E-state index is 0.135. The van der Waals surface area contributed by atoms with Gasteiger partial charge in [-0.2, -0.15) is 5.10 Å². The summed E-state index contributed by atoms with van der Waals surface area (Å²) in [5, 5.41) is 3.95. The number of carbonyl (C=O) groups is 1. The van der Waals surface area contributed by atoms with E-state index in [1.54, 1.807) is 11.0 Å². The summed E-state index contributed by atoms with van der Waals surface area (Å²) < 4.78 is 1.66. The molecule has 1 aromatic heterocycles. The van der Waals surface area contributed by atoms with Gasteiger partial charge in [-0.1, -0.05) is 29.8 Å². The Kier molecular flexibility index (Phi) is 3.10. The number of hydrogen-bond donors (Lipinski definition) is 0. The fraction of sp³-hybridized carbons (Fsp3) is 0.250. The van der Waals surface area contributed by atoms with Crippen LogP contribution < -0.4 is 0 Å². The zero-order valence-electron chi connectivity index (χ0n) is 9.13.